The largest absolute Gasteiger partial charge is 0.376 e. The first-order valence-corrected chi connectivity index (χ1v) is 10.6. The molecule has 2 aliphatic heterocycles. The molecule has 0 aliphatic carbocycles. The topological polar surface area (TPSA) is 60.2 Å². The van der Waals surface area contributed by atoms with Gasteiger partial charge < -0.3 is 14.2 Å². The molecule has 1 aromatic heterocycles. The molecule has 0 saturated carbocycles. The Morgan fingerprint density at radius 2 is 2.16 bits per heavy atom. The summed E-state index contributed by atoms with van der Waals surface area (Å²) in [6, 6.07) is 0.363. The highest BCUT2D eigenvalue weighted by atomic mass is 32.2. The lowest BCUT2D eigenvalue weighted by Gasteiger charge is -2.33. The first-order valence-electron chi connectivity index (χ1n) is 9.65. The molecule has 2 atom stereocenters. The maximum atomic E-state index is 12.6. The third kappa shape index (κ3) is 4.76. The quantitative estimate of drug-likeness (QED) is 0.695. The van der Waals surface area contributed by atoms with Gasteiger partial charge in [0, 0.05) is 25.6 Å². The second-order valence-electron chi connectivity index (χ2n) is 7.12. The first kappa shape index (κ1) is 18.7. The molecule has 2 saturated heterocycles. The van der Waals surface area contributed by atoms with Crippen molar-refractivity contribution in [3.63, 3.8) is 0 Å². The number of aryl methyl sites for hydroxylation is 1. The Labute approximate surface area is 154 Å². The van der Waals surface area contributed by atoms with Crippen LogP contribution in [0.1, 0.15) is 58.2 Å². The second-order valence-corrected chi connectivity index (χ2v) is 8.06. The molecule has 1 aromatic rings. The van der Waals surface area contributed by atoms with Crippen molar-refractivity contribution in [2.45, 2.75) is 82.6 Å². The molecule has 2 fully saturated rings. The number of piperidine rings is 1. The Hall–Kier alpha value is -1.08. The number of rotatable bonds is 7. The number of aromatic nitrogens is 3. The van der Waals surface area contributed by atoms with Crippen LogP contribution in [-0.2, 0) is 22.5 Å². The zero-order chi connectivity index (χ0) is 17.6. The van der Waals surface area contributed by atoms with E-state index in [-0.39, 0.29) is 12.0 Å². The fraction of sp³-hybridized carbons (Fsp3) is 0.833. The summed E-state index contributed by atoms with van der Waals surface area (Å²) in [6.45, 7) is 6.85. The van der Waals surface area contributed by atoms with Crippen molar-refractivity contribution >= 4 is 17.7 Å². The molecular formula is C18H30N4O2S. The van der Waals surface area contributed by atoms with Crippen LogP contribution < -0.4 is 0 Å². The zero-order valence-corrected chi connectivity index (χ0v) is 16.3. The molecule has 140 valence electrons. The highest BCUT2D eigenvalue weighted by Crippen LogP contribution is 2.24. The monoisotopic (exact) mass is 366 g/mol. The molecule has 2 aliphatic rings. The fourth-order valence-corrected chi connectivity index (χ4v) is 4.54. The van der Waals surface area contributed by atoms with Gasteiger partial charge in [0.25, 0.3) is 0 Å². The van der Waals surface area contributed by atoms with Gasteiger partial charge in [-0.15, -0.1) is 10.2 Å². The Morgan fingerprint density at radius 3 is 2.88 bits per heavy atom. The van der Waals surface area contributed by atoms with Crippen LogP contribution >= 0.6 is 11.8 Å². The summed E-state index contributed by atoms with van der Waals surface area (Å²) < 4.78 is 7.97. The van der Waals surface area contributed by atoms with Gasteiger partial charge in [0.05, 0.1) is 18.4 Å². The minimum Gasteiger partial charge on any atom is -0.376 e. The third-order valence-electron chi connectivity index (χ3n) is 5.13. The van der Waals surface area contributed by atoms with Crippen molar-refractivity contribution < 1.29 is 9.53 Å². The average molecular weight is 367 g/mol. The smallest absolute Gasteiger partial charge is 0.233 e. The standard InChI is InChI=1S/C18H30N4O2S/c1-3-7-16-19-20-18(22(16)12-15-9-6-11-24-15)25-13-17(23)21-10-5-4-8-14(21)2/h14-15H,3-13H2,1-2H3/t14-,15-/m1/s1. The van der Waals surface area contributed by atoms with Gasteiger partial charge in [-0.1, -0.05) is 18.7 Å². The maximum Gasteiger partial charge on any atom is 0.233 e. The van der Waals surface area contributed by atoms with E-state index in [9.17, 15) is 4.79 Å². The predicted octanol–water partition coefficient (Wildman–Crippen LogP) is 2.90. The van der Waals surface area contributed by atoms with E-state index in [1.807, 2.05) is 4.90 Å². The van der Waals surface area contributed by atoms with Crippen LogP contribution in [0.3, 0.4) is 0 Å². The molecule has 0 unspecified atom stereocenters. The molecule has 25 heavy (non-hydrogen) atoms. The van der Waals surface area contributed by atoms with Crippen LogP contribution in [0.4, 0.5) is 0 Å². The van der Waals surface area contributed by atoms with E-state index in [1.54, 1.807) is 0 Å². The van der Waals surface area contributed by atoms with E-state index in [0.717, 1.165) is 69.2 Å². The maximum absolute atomic E-state index is 12.6. The summed E-state index contributed by atoms with van der Waals surface area (Å²) in [4.78, 5) is 14.6. The van der Waals surface area contributed by atoms with Crippen LogP contribution in [0.25, 0.3) is 0 Å². The number of ether oxygens (including phenoxy) is 1. The highest BCUT2D eigenvalue weighted by molar-refractivity contribution is 7.99. The van der Waals surface area contributed by atoms with Crippen LogP contribution in [0.15, 0.2) is 5.16 Å². The number of nitrogens with zero attached hydrogens (tertiary/aromatic N) is 4. The fourth-order valence-electron chi connectivity index (χ4n) is 3.69. The van der Waals surface area contributed by atoms with Crippen molar-refractivity contribution in [1.29, 1.82) is 0 Å². The minimum atomic E-state index is 0.223. The Morgan fingerprint density at radius 1 is 1.28 bits per heavy atom. The summed E-state index contributed by atoms with van der Waals surface area (Å²) in [5, 5.41) is 9.59. The first-order chi connectivity index (χ1) is 12.2. The molecule has 1 amide bonds. The van der Waals surface area contributed by atoms with E-state index in [1.165, 1.54) is 18.2 Å². The van der Waals surface area contributed by atoms with Crippen molar-refractivity contribution in [3.8, 4) is 0 Å². The van der Waals surface area contributed by atoms with Crippen LogP contribution in [0, 0.1) is 0 Å². The van der Waals surface area contributed by atoms with Gasteiger partial charge in [0.15, 0.2) is 5.16 Å². The number of amides is 1. The summed E-state index contributed by atoms with van der Waals surface area (Å²) >= 11 is 1.52. The van der Waals surface area contributed by atoms with Crippen molar-refractivity contribution in [1.82, 2.24) is 19.7 Å². The van der Waals surface area contributed by atoms with E-state index in [0.29, 0.717) is 11.8 Å². The number of carbonyl (C=O) groups is 1. The summed E-state index contributed by atoms with van der Waals surface area (Å²) in [7, 11) is 0. The van der Waals surface area contributed by atoms with Gasteiger partial charge in [-0.25, -0.2) is 0 Å². The second kappa shape index (κ2) is 9.03. The minimum absolute atomic E-state index is 0.223. The van der Waals surface area contributed by atoms with E-state index < -0.39 is 0 Å². The van der Waals surface area contributed by atoms with Gasteiger partial charge in [-0.2, -0.15) is 0 Å². The van der Waals surface area contributed by atoms with Gasteiger partial charge >= 0.3 is 0 Å². The lowest BCUT2D eigenvalue weighted by molar-refractivity contribution is -0.131. The molecule has 3 rings (SSSR count). The third-order valence-corrected chi connectivity index (χ3v) is 6.08. The summed E-state index contributed by atoms with van der Waals surface area (Å²) in [5.41, 5.74) is 0. The Balaban J connectivity index is 1.63. The Kier molecular flexibility index (Phi) is 6.76. The number of thioether (sulfide) groups is 1. The van der Waals surface area contributed by atoms with Crippen molar-refractivity contribution in [2.24, 2.45) is 0 Å². The van der Waals surface area contributed by atoms with Gasteiger partial charge in [-0.3, -0.25) is 4.79 Å². The molecule has 0 bridgehead atoms. The SMILES string of the molecule is CCCc1nnc(SCC(=O)N2CCCC[C@H]2C)n1C[C@H]1CCCO1. The van der Waals surface area contributed by atoms with Crippen molar-refractivity contribution in [2.75, 3.05) is 18.9 Å². The average Bonchev–Trinajstić information content (AvgIpc) is 3.25. The van der Waals surface area contributed by atoms with Gasteiger partial charge in [0.2, 0.25) is 5.91 Å². The normalized spacial score (nSPS) is 24.0. The van der Waals surface area contributed by atoms with E-state index in [4.69, 9.17) is 4.74 Å². The molecule has 0 spiro atoms. The van der Waals surface area contributed by atoms with Crippen molar-refractivity contribution in [3.05, 3.63) is 5.82 Å². The highest BCUT2D eigenvalue weighted by Gasteiger charge is 2.25. The van der Waals surface area contributed by atoms with Gasteiger partial charge in [0.1, 0.15) is 5.82 Å². The zero-order valence-electron chi connectivity index (χ0n) is 15.4. The molecule has 7 heteroatoms. The van der Waals surface area contributed by atoms with Crippen LogP contribution in [-0.4, -0.2) is 56.6 Å². The van der Waals surface area contributed by atoms with E-state index in [2.05, 4.69) is 28.6 Å². The number of hydrogen-bond donors (Lipinski definition) is 0. The van der Waals surface area contributed by atoms with E-state index >= 15 is 0 Å². The number of hydrogen-bond acceptors (Lipinski definition) is 5. The molecule has 0 aromatic carbocycles. The molecular weight excluding hydrogens is 336 g/mol. The predicted molar refractivity (Wildman–Crippen MR) is 98.7 cm³/mol. The Bertz CT molecular complexity index is 571. The molecule has 0 radical (unpaired) electrons. The summed E-state index contributed by atoms with van der Waals surface area (Å²) in [5.74, 6) is 1.68. The molecule has 0 N–H and O–H groups in total. The number of likely N-dealkylation sites (tertiary alicyclic amines) is 1. The van der Waals surface area contributed by atoms with Gasteiger partial charge in [-0.05, 0) is 45.4 Å². The summed E-state index contributed by atoms with van der Waals surface area (Å²) in [6.07, 6.45) is 7.90. The lowest BCUT2D eigenvalue weighted by Crippen LogP contribution is -2.43. The molecule has 6 nitrogen and oxygen atoms in total. The lowest BCUT2D eigenvalue weighted by atomic mass is 10.0. The van der Waals surface area contributed by atoms with Crippen LogP contribution in [0.5, 0.6) is 0 Å². The van der Waals surface area contributed by atoms with Crippen LogP contribution in [0.2, 0.25) is 0 Å². The molecule has 3 heterocycles. The number of carbonyl (C=O) groups excluding carboxylic acids is 1.